The summed E-state index contributed by atoms with van der Waals surface area (Å²) in [6, 6.07) is 3.45. The van der Waals surface area contributed by atoms with Gasteiger partial charge in [-0.25, -0.2) is 0 Å². The van der Waals surface area contributed by atoms with Crippen molar-refractivity contribution in [1.82, 2.24) is 0 Å². The molecule has 0 aromatic heterocycles. The van der Waals surface area contributed by atoms with Crippen LogP contribution in [0, 0.1) is 0 Å². The van der Waals surface area contributed by atoms with Crippen LogP contribution in [0.15, 0.2) is 12.1 Å². The van der Waals surface area contributed by atoms with Crippen molar-refractivity contribution in [2.24, 2.45) is 5.73 Å². The molecule has 1 aromatic carbocycles. The van der Waals surface area contributed by atoms with Crippen molar-refractivity contribution in [2.45, 2.75) is 6.42 Å². The molecule has 0 aliphatic carbocycles. The minimum absolute atomic E-state index is 0.160. The molecule has 2 N–H and O–H groups in total. The zero-order valence-corrected chi connectivity index (χ0v) is 8.28. The summed E-state index contributed by atoms with van der Waals surface area (Å²) in [6.07, 6.45) is 0.160. The zero-order chi connectivity index (χ0) is 10.8. The lowest BCUT2D eigenvalue weighted by Gasteiger charge is -2.06. The van der Waals surface area contributed by atoms with Crippen molar-refractivity contribution in [3.8, 4) is 17.2 Å². The molecule has 0 unspecified atom stereocenters. The van der Waals surface area contributed by atoms with Gasteiger partial charge in [0.1, 0.15) is 0 Å². The molecule has 2 rings (SSSR count). The Hall–Kier alpha value is -1.91. The number of ether oxygens (including phenoxy) is 3. The Morgan fingerprint density at radius 2 is 2.33 bits per heavy atom. The molecule has 80 valence electrons. The van der Waals surface area contributed by atoms with Gasteiger partial charge in [-0.05, 0) is 17.7 Å². The SMILES string of the molecule is COc1cc(CC(N)=O)cc2c1OCO2. The maximum absolute atomic E-state index is 10.8. The van der Waals surface area contributed by atoms with Gasteiger partial charge in [-0.15, -0.1) is 0 Å². The van der Waals surface area contributed by atoms with Gasteiger partial charge in [-0.2, -0.15) is 0 Å². The van der Waals surface area contributed by atoms with Gasteiger partial charge >= 0.3 is 0 Å². The van der Waals surface area contributed by atoms with Crippen molar-refractivity contribution >= 4 is 5.91 Å². The second-order valence-corrected chi connectivity index (χ2v) is 3.17. The van der Waals surface area contributed by atoms with Crippen LogP contribution in [-0.4, -0.2) is 19.8 Å². The fraction of sp³-hybridized carbons (Fsp3) is 0.300. The van der Waals surface area contributed by atoms with E-state index in [1.54, 1.807) is 12.1 Å². The first kappa shape index (κ1) is 9.64. The third-order valence-electron chi connectivity index (χ3n) is 2.10. The lowest BCUT2D eigenvalue weighted by atomic mass is 10.1. The van der Waals surface area contributed by atoms with Crippen molar-refractivity contribution in [2.75, 3.05) is 13.9 Å². The van der Waals surface area contributed by atoms with E-state index < -0.39 is 5.91 Å². The van der Waals surface area contributed by atoms with Crippen molar-refractivity contribution in [3.63, 3.8) is 0 Å². The third-order valence-corrected chi connectivity index (χ3v) is 2.10. The van der Waals surface area contributed by atoms with E-state index in [2.05, 4.69) is 0 Å². The summed E-state index contributed by atoms with van der Waals surface area (Å²) in [5.74, 6) is 1.33. The highest BCUT2D eigenvalue weighted by Crippen LogP contribution is 2.41. The topological polar surface area (TPSA) is 70.8 Å². The number of rotatable bonds is 3. The molecular weight excluding hydrogens is 198 g/mol. The maximum atomic E-state index is 10.8. The number of amides is 1. The van der Waals surface area contributed by atoms with Gasteiger partial charge < -0.3 is 19.9 Å². The average molecular weight is 209 g/mol. The first-order chi connectivity index (χ1) is 7.20. The van der Waals surface area contributed by atoms with Crippen LogP contribution in [-0.2, 0) is 11.2 Å². The number of methoxy groups -OCH3 is 1. The molecule has 15 heavy (non-hydrogen) atoms. The molecule has 0 fully saturated rings. The molecular formula is C10H11NO4. The molecule has 1 amide bonds. The summed E-state index contributed by atoms with van der Waals surface area (Å²) in [7, 11) is 1.53. The quantitative estimate of drug-likeness (QED) is 0.784. The average Bonchev–Trinajstić information content (AvgIpc) is 2.63. The van der Waals surface area contributed by atoms with Crippen molar-refractivity contribution in [3.05, 3.63) is 17.7 Å². The van der Waals surface area contributed by atoms with E-state index in [1.165, 1.54) is 7.11 Å². The fourth-order valence-corrected chi connectivity index (χ4v) is 1.49. The molecule has 5 nitrogen and oxygen atoms in total. The molecule has 0 bridgehead atoms. The van der Waals surface area contributed by atoms with Gasteiger partial charge in [-0.1, -0.05) is 0 Å². The van der Waals surface area contributed by atoms with Crippen LogP contribution in [0.2, 0.25) is 0 Å². The normalized spacial score (nSPS) is 12.6. The smallest absolute Gasteiger partial charge is 0.231 e. The minimum Gasteiger partial charge on any atom is -0.493 e. The third kappa shape index (κ3) is 1.81. The Bertz CT molecular complexity index is 403. The molecule has 1 heterocycles. The Morgan fingerprint density at radius 1 is 1.53 bits per heavy atom. The van der Waals surface area contributed by atoms with E-state index in [4.69, 9.17) is 19.9 Å². The highest BCUT2D eigenvalue weighted by molar-refractivity contribution is 5.77. The van der Waals surface area contributed by atoms with Crippen molar-refractivity contribution < 1.29 is 19.0 Å². The van der Waals surface area contributed by atoms with Crippen LogP contribution in [0.5, 0.6) is 17.2 Å². The van der Waals surface area contributed by atoms with E-state index in [0.29, 0.717) is 17.2 Å². The second kappa shape index (κ2) is 3.68. The van der Waals surface area contributed by atoms with Gasteiger partial charge in [0.25, 0.3) is 0 Å². The Labute approximate surface area is 86.7 Å². The number of hydrogen-bond donors (Lipinski definition) is 1. The molecule has 5 heteroatoms. The summed E-state index contributed by atoms with van der Waals surface area (Å²) < 4.78 is 15.5. The number of primary amides is 1. The minimum atomic E-state index is -0.393. The molecule has 0 spiro atoms. The standard InChI is InChI=1S/C10H11NO4/c1-13-7-2-6(4-9(11)12)3-8-10(7)15-5-14-8/h2-3H,4-5H2,1H3,(H2,11,12). The first-order valence-corrected chi connectivity index (χ1v) is 4.45. The summed E-state index contributed by atoms with van der Waals surface area (Å²) in [5.41, 5.74) is 5.86. The van der Waals surface area contributed by atoms with Gasteiger partial charge in [0.05, 0.1) is 13.5 Å². The Morgan fingerprint density at radius 3 is 3.00 bits per heavy atom. The van der Waals surface area contributed by atoms with E-state index in [-0.39, 0.29) is 13.2 Å². The number of hydrogen-bond acceptors (Lipinski definition) is 4. The fourth-order valence-electron chi connectivity index (χ4n) is 1.49. The van der Waals surface area contributed by atoms with Gasteiger partial charge in [-0.3, -0.25) is 4.79 Å². The molecule has 0 atom stereocenters. The van der Waals surface area contributed by atoms with Crippen molar-refractivity contribution in [1.29, 1.82) is 0 Å². The second-order valence-electron chi connectivity index (χ2n) is 3.17. The van der Waals surface area contributed by atoms with Crippen LogP contribution < -0.4 is 19.9 Å². The number of carbonyl (C=O) groups is 1. The zero-order valence-electron chi connectivity index (χ0n) is 8.28. The van der Waals surface area contributed by atoms with Crippen LogP contribution in [0.1, 0.15) is 5.56 Å². The molecule has 0 saturated heterocycles. The van der Waals surface area contributed by atoms with Gasteiger partial charge in [0.15, 0.2) is 11.5 Å². The monoisotopic (exact) mass is 209 g/mol. The Kier molecular flexibility index (Phi) is 2.37. The first-order valence-electron chi connectivity index (χ1n) is 4.45. The maximum Gasteiger partial charge on any atom is 0.231 e. The van der Waals surface area contributed by atoms with E-state index in [9.17, 15) is 4.79 Å². The van der Waals surface area contributed by atoms with E-state index >= 15 is 0 Å². The predicted octanol–water partition coefficient (Wildman–Crippen LogP) is 0.452. The van der Waals surface area contributed by atoms with Crippen LogP contribution in [0.4, 0.5) is 0 Å². The molecule has 1 aliphatic heterocycles. The van der Waals surface area contributed by atoms with Gasteiger partial charge in [0.2, 0.25) is 18.4 Å². The molecule has 1 aliphatic rings. The number of fused-ring (bicyclic) bond motifs is 1. The highest BCUT2D eigenvalue weighted by atomic mass is 16.7. The summed E-state index contributed by atoms with van der Waals surface area (Å²) in [6.45, 7) is 0.172. The summed E-state index contributed by atoms with van der Waals surface area (Å²) in [4.78, 5) is 10.8. The number of carbonyl (C=O) groups excluding carboxylic acids is 1. The van der Waals surface area contributed by atoms with Crippen LogP contribution in [0.3, 0.4) is 0 Å². The largest absolute Gasteiger partial charge is 0.493 e. The lowest BCUT2D eigenvalue weighted by molar-refractivity contribution is -0.117. The number of nitrogens with two attached hydrogens (primary N) is 1. The van der Waals surface area contributed by atoms with E-state index in [0.717, 1.165) is 5.56 Å². The molecule has 0 saturated carbocycles. The lowest BCUT2D eigenvalue weighted by Crippen LogP contribution is -2.13. The predicted molar refractivity (Wildman–Crippen MR) is 52.0 cm³/mol. The Balaban J connectivity index is 2.38. The van der Waals surface area contributed by atoms with Crippen LogP contribution >= 0.6 is 0 Å². The molecule has 0 radical (unpaired) electrons. The van der Waals surface area contributed by atoms with E-state index in [1.807, 2.05) is 0 Å². The highest BCUT2D eigenvalue weighted by Gasteiger charge is 2.20. The van der Waals surface area contributed by atoms with Crippen LogP contribution in [0.25, 0.3) is 0 Å². The number of benzene rings is 1. The molecule has 1 aromatic rings. The summed E-state index contributed by atoms with van der Waals surface area (Å²) >= 11 is 0. The summed E-state index contributed by atoms with van der Waals surface area (Å²) in [5, 5.41) is 0. The van der Waals surface area contributed by atoms with Gasteiger partial charge in [0, 0.05) is 0 Å².